The molecule has 1 aromatic carbocycles. The minimum absolute atomic E-state index is 0.0337. The maximum atomic E-state index is 12.5. The monoisotopic (exact) mass is 299 g/mol. The summed E-state index contributed by atoms with van der Waals surface area (Å²) in [6.45, 7) is 5.01. The van der Waals surface area contributed by atoms with Crippen molar-refractivity contribution in [3.63, 3.8) is 0 Å². The number of Topliss-reactive ketones (excluding diaryl/α,β-unsaturated/α-hetero) is 1. The van der Waals surface area contributed by atoms with Gasteiger partial charge in [-0.1, -0.05) is 19.1 Å². The molecule has 0 bridgehead atoms. The van der Waals surface area contributed by atoms with E-state index in [4.69, 9.17) is 5.11 Å². The van der Waals surface area contributed by atoms with E-state index in [1.165, 1.54) is 16.4 Å². The molecule has 1 rings (SSSR count). The molecule has 20 heavy (non-hydrogen) atoms. The Hall–Kier alpha value is -1.24. The Morgan fingerprint density at radius 1 is 1.35 bits per heavy atom. The number of aliphatic hydroxyl groups excluding tert-OH is 1. The fourth-order valence-corrected chi connectivity index (χ4v) is 3.60. The molecule has 0 unspecified atom stereocenters. The molecule has 1 aromatic rings. The van der Waals surface area contributed by atoms with E-state index in [0.29, 0.717) is 12.0 Å². The fraction of sp³-hybridized carbons (Fsp3) is 0.500. The van der Waals surface area contributed by atoms with Crippen LogP contribution in [0.4, 0.5) is 0 Å². The van der Waals surface area contributed by atoms with E-state index in [1.807, 2.05) is 0 Å². The summed E-state index contributed by atoms with van der Waals surface area (Å²) in [6.07, 6.45) is 0.327. The first-order valence-corrected chi connectivity index (χ1v) is 8.04. The summed E-state index contributed by atoms with van der Waals surface area (Å²) in [5.74, 6) is -0.0969. The number of nitrogens with zero attached hydrogens (tertiary/aromatic N) is 1. The van der Waals surface area contributed by atoms with Crippen molar-refractivity contribution in [3.05, 3.63) is 29.8 Å². The van der Waals surface area contributed by atoms with Crippen LogP contribution in [0.25, 0.3) is 0 Å². The number of hydrogen-bond donors (Lipinski definition) is 1. The highest BCUT2D eigenvalue weighted by Gasteiger charge is 2.26. The van der Waals surface area contributed by atoms with Gasteiger partial charge in [-0.05, 0) is 26.0 Å². The normalized spacial score (nSPS) is 12.1. The molecule has 0 spiro atoms. The van der Waals surface area contributed by atoms with Crippen molar-refractivity contribution >= 4 is 15.8 Å². The molecule has 0 aliphatic carbocycles. The number of sulfonamides is 1. The lowest BCUT2D eigenvalue weighted by Crippen LogP contribution is -2.39. The molecule has 0 aliphatic heterocycles. The van der Waals surface area contributed by atoms with Crippen LogP contribution in [0.15, 0.2) is 29.2 Å². The van der Waals surface area contributed by atoms with Gasteiger partial charge in [0.15, 0.2) is 5.78 Å². The molecular weight excluding hydrogens is 278 g/mol. The topological polar surface area (TPSA) is 74.7 Å². The molecule has 0 fully saturated rings. The highest BCUT2D eigenvalue weighted by atomic mass is 32.2. The van der Waals surface area contributed by atoms with Crippen LogP contribution in [0.1, 0.15) is 37.6 Å². The Labute approximate surface area is 120 Å². The van der Waals surface area contributed by atoms with Crippen LogP contribution in [0, 0.1) is 0 Å². The van der Waals surface area contributed by atoms with E-state index < -0.39 is 10.0 Å². The van der Waals surface area contributed by atoms with E-state index in [-0.39, 0.29) is 29.9 Å². The molecule has 5 nitrogen and oxygen atoms in total. The third-order valence-electron chi connectivity index (χ3n) is 2.98. The van der Waals surface area contributed by atoms with Crippen LogP contribution in [0.2, 0.25) is 0 Å². The number of ketones is 1. The molecule has 112 valence electrons. The van der Waals surface area contributed by atoms with Crippen molar-refractivity contribution < 1.29 is 18.3 Å². The Bertz CT molecular complexity index is 566. The molecule has 0 saturated carbocycles. The quantitative estimate of drug-likeness (QED) is 0.777. The molecule has 0 saturated heterocycles. The number of rotatable bonds is 7. The summed E-state index contributed by atoms with van der Waals surface area (Å²) in [5, 5.41) is 9.02. The predicted octanol–water partition coefficient (Wildman–Crippen LogP) is 1.67. The molecule has 6 heteroatoms. The average molecular weight is 299 g/mol. The van der Waals surface area contributed by atoms with Crippen molar-refractivity contribution in [1.82, 2.24) is 4.31 Å². The van der Waals surface area contributed by atoms with E-state index in [0.717, 1.165) is 0 Å². The van der Waals surface area contributed by atoms with Gasteiger partial charge in [0, 0.05) is 24.6 Å². The summed E-state index contributed by atoms with van der Waals surface area (Å²) in [4.78, 5) is 11.8. The van der Waals surface area contributed by atoms with Gasteiger partial charge in [-0.25, -0.2) is 8.42 Å². The highest BCUT2D eigenvalue weighted by molar-refractivity contribution is 7.89. The van der Waals surface area contributed by atoms with Crippen molar-refractivity contribution in [2.45, 2.75) is 38.1 Å². The number of carbonyl (C=O) groups excluding carboxylic acids is 1. The SMILES string of the molecule is CCC(=O)c1cccc(S(=O)(=O)N(CCO)C(C)C)c1. The van der Waals surface area contributed by atoms with Crippen molar-refractivity contribution in [3.8, 4) is 0 Å². The van der Waals surface area contributed by atoms with Gasteiger partial charge in [-0.2, -0.15) is 4.31 Å². The zero-order valence-electron chi connectivity index (χ0n) is 12.0. The van der Waals surface area contributed by atoms with Crippen LogP contribution < -0.4 is 0 Å². The van der Waals surface area contributed by atoms with Crippen LogP contribution >= 0.6 is 0 Å². The Morgan fingerprint density at radius 3 is 2.50 bits per heavy atom. The maximum absolute atomic E-state index is 12.5. The summed E-state index contributed by atoms with van der Waals surface area (Å²) in [7, 11) is -3.71. The molecule has 0 atom stereocenters. The van der Waals surface area contributed by atoms with Crippen molar-refractivity contribution in [2.75, 3.05) is 13.2 Å². The molecule has 0 amide bonds. The number of benzene rings is 1. The Kier molecular flexibility index (Phi) is 5.86. The zero-order chi connectivity index (χ0) is 15.3. The summed E-state index contributed by atoms with van der Waals surface area (Å²) < 4.78 is 26.3. The molecule has 0 aliphatic rings. The minimum Gasteiger partial charge on any atom is -0.395 e. The molecular formula is C14H21NO4S. The summed E-state index contributed by atoms with van der Waals surface area (Å²) in [5.41, 5.74) is 0.390. The van der Waals surface area contributed by atoms with Crippen molar-refractivity contribution in [1.29, 1.82) is 0 Å². The zero-order valence-corrected chi connectivity index (χ0v) is 12.9. The first-order valence-electron chi connectivity index (χ1n) is 6.60. The lowest BCUT2D eigenvalue weighted by molar-refractivity contribution is 0.0988. The second-order valence-corrected chi connectivity index (χ2v) is 6.63. The maximum Gasteiger partial charge on any atom is 0.243 e. The van der Waals surface area contributed by atoms with Gasteiger partial charge in [0.05, 0.1) is 11.5 Å². The molecule has 0 heterocycles. The predicted molar refractivity (Wildman–Crippen MR) is 77.2 cm³/mol. The smallest absolute Gasteiger partial charge is 0.243 e. The van der Waals surface area contributed by atoms with Gasteiger partial charge in [-0.15, -0.1) is 0 Å². The average Bonchev–Trinajstić information content (AvgIpc) is 2.43. The number of carbonyl (C=O) groups is 1. The Morgan fingerprint density at radius 2 is 2.00 bits per heavy atom. The van der Waals surface area contributed by atoms with Crippen LogP contribution in [-0.4, -0.2) is 42.8 Å². The molecule has 0 aromatic heterocycles. The summed E-state index contributed by atoms with van der Waals surface area (Å²) >= 11 is 0. The molecule has 0 radical (unpaired) electrons. The minimum atomic E-state index is -3.71. The first kappa shape index (κ1) is 16.8. The van der Waals surface area contributed by atoms with Crippen LogP contribution in [0.5, 0.6) is 0 Å². The second kappa shape index (κ2) is 6.97. The van der Waals surface area contributed by atoms with E-state index in [1.54, 1.807) is 32.9 Å². The van der Waals surface area contributed by atoms with Gasteiger partial charge in [-0.3, -0.25) is 4.79 Å². The second-order valence-electron chi connectivity index (χ2n) is 4.74. The van der Waals surface area contributed by atoms with Gasteiger partial charge < -0.3 is 5.11 Å². The highest BCUT2D eigenvalue weighted by Crippen LogP contribution is 2.19. The van der Waals surface area contributed by atoms with Crippen molar-refractivity contribution in [2.24, 2.45) is 0 Å². The lowest BCUT2D eigenvalue weighted by Gasteiger charge is -2.25. The Balaban J connectivity index is 3.24. The van der Waals surface area contributed by atoms with Crippen LogP contribution in [-0.2, 0) is 10.0 Å². The van der Waals surface area contributed by atoms with Gasteiger partial charge in [0.25, 0.3) is 0 Å². The third kappa shape index (κ3) is 3.65. The first-order chi connectivity index (χ1) is 9.34. The standard InChI is InChI=1S/C14H21NO4S/c1-4-14(17)12-6-5-7-13(10-12)20(18,19)15(8-9-16)11(2)3/h5-7,10-11,16H,4,8-9H2,1-3H3. The van der Waals surface area contributed by atoms with Gasteiger partial charge in [0.1, 0.15) is 0 Å². The largest absolute Gasteiger partial charge is 0.395 e. The fourth-order valence-electron chi connectivity index (χ4n) is 1.92. The van der Waals surface area contributed by atoms with Gasteiger partial charge in [0.2, 0.25) is 10.0 Å². The van der Waals surface area contributed by atoms with E-state index in [2.05, 4.69) is 0 Å². The van der Waals surface area contributed by atoms with E-state index in [9.17, 15) is 13.2 Å². The lowest BCUT2D eigenvalue weighted by atomic mass is 10.1. The number of aliphatic hydroxyl groups is 1. The number of hydrogen-bond acceptors (Lipinski definition) is 4. The third-order valence-corrected chi connectivity index (χ3v) is 5.05. The summed E-state index contributed by atoms with van der Waals surface area (Å²) in [6, 6.07) is 5.77. The van der Waals surface area contributed by atoms with E-state index >= 15 is 0 Å². The molecule has 1 N–H and O–H groups in total. The van der Waals surface area contributed by atoms with Gasteiger partial charge >= 0.3 is 0 Å². The van der Waals surface area contributed by atoms with Crippen LogP contribution in [0.3, 0.4) is 0 Å².